The molecule has 3 unspecified atom stereocenters. The predicted octanol–water partition coefficient (Wildman–Crippen LogP) is 4.51. The summed E-state index contributed by atoms with van der Waals surface area (Å²) in [4.78, 5) is 0. The second-order valence-corrected chi connectivity index (χ2v) is 6.27. The van der Waals surface area contributed by atoms with Crippen LogP contribution in [0.1, 0.15) is 39.0 Å². The normalized spacial score (nSPS) is 25.9. The molecule has 2 nitrogen and oxygen atoms in total. The molecule has 0 aliphatic heterocycles. The summed E-state index contributed by atoms with van der Waals surface area (Å²) < 4.78 is 6.33. The fourth-order valence-electron chi connectivity index (χ4n) is 3.50. The topological polar surface area (TPSA) is 35.2 Å². The number of rotatable bonds is 4. The molecule has 1 aliphatic rings. The Bertz CT molecular complexity index is 590. The van der Waals surface area contributed by atoms with Crippen molar-refractivity contribution in [1.29, 1.82) is 0 Å². The Morgan fingerprint density at radius 2 is 1.90 bits per heavy atom. The summed E-state index contributed by atoms with van der Waals surface area (Å²) in [5.74, 6) is 1.75. The van der Waals surface area contributed by atoms with Crippen LogP contribution in [0.3, 0.4) is 0 Å². The standard InChI is InChI=1S/C19H25NO/c1-2-6-14-11-12-17(20)19(13-14)21-18-10-5-8-15-7-3-4-9-16(15)18/h3-5,7-10,14,17,19H,2,6,11-13,20H2,1H3. The van der Waals surface area contributed by atoms with Gasteiger partial charge in [-0.3, -0.25) is 0 Å². The Morgan fingerprint density at radius 3 is 2.76 bits per heavy atom. The highest BCUT2D eigenvalue weighted by Gasteiger charge is 2.29. The van der Waals surface area contributed by atoms with Crippen LogP contribution in [0.15, 0.2) is 42.5 Å². The van der Waals surface area contributed by atoms with E-state index in [1.807, 2.05) is 0 Å². The molecule has 2 heteroatoms. The van der Waals surface area contributed by atoms with Gasteiger partial charge in [-0.15, -0.1) is 0 Å². The fourth-order valence-corrected chi connectivity index (χ4v) is 3.50. The van der Waals surface area contributed by atoms with Crippen LogP contribution in [0.2, 0.25) is 0 Å². The number of hydrogen-bond donors (Lipinski definition) is 1. The minimum atomic E-state index is 0.154. The minimum absolute atomic E-state index is 0.154. The van der Waals surface area contributed by atoms with E-state index in [0.29, 0.717) is 0 Å². The van der Waals surface area contributed by atoms with Gasteiger partial charge in [0.05, 0.1) is 0 Å². The van der Waals surface area contributed by atoms with Gasteiger partial charge >= 0.3 is 0 Å². The van der Waals surface area contributed by atoms with Crippen LogP contribution in [0.4, 0.5) is 0 Å². The summed E-state index contributed by atoms with van der Waals surface area (Å²) in [6, 6.07) is 14.8. The largest absolute Gasteiger partial charge is 0.488 e. The molecule has 3 rings (SSSR count). The smallest absolute Gasteiger partial charge is 0.127 e. The van der Waals surface area contributed by atoms with Gasteiger partial charge in [-0.1, -0.05) is 56.2 Å². The van der Waals surface area contributed by atoms with Crippen LogP contribution in [0.25, 0.3) is 10.8 Å². The molecule has 112 valence electrons. The quantitative estimate of drug-likeness (QED) is 0.895. The SMILES string of the molecule is CCCC1CCC(N)C(Oc2cccc3ccccc23)C1. The first-order valence-electron chi connectivity index (χ1n) is 8.18. The number of benzene rings is 2. The van der Waals surface area contributed by atoms with Crippen molar-refractivity contribution in [1.82, 2.24) is 0 Å². The van der Waals surface area contributed by atoms with Crippen LogP contribution in [-0.2, 0) is 0 Å². The third kappa shape index (κ3) is 3.21. The van der Waals surface area contributed by atoms with Crippen LogP contribution in [0.5, 0.6) is 5.75 Å². The molecule has 0 heterocycles. The van der Waals surface area contributed by atoms with Gasteiger partial charge in [-0.2, -0.15) is 0 Å². The van der Waals surface area contributed by atoms with E-state index in [4.69, 9.17) is 10.5 Å². The van der Waals surface area contributed by atoms with Gasteiger partial charge in [0.25, 0.3) is 0 Å². The molecule has 2 N–H and O–H groups in total. The summed E-state index contributed by atoms with van der Waals surface area (Å²) in [6.07, 6.45) is 6.13. The fraction of sp³-hybridized carbons (Fsp3) is 0.474. The molecular formula is C19H25NO. The van der Waals surface area contributed by atoms with Crippen molar-refractivity contribution in [2.75, 3.05) is 0 Å². The molecule has 1 saturated carbocycles. The van der Waals surface area contributed by atoms with Gasteiger partial charge in [-0.25, -0.2) is 0 Å². The van der Waals surface area contributed by atoms with Crippen molar-refractivity contribution in [2.45, 2.75) is 51.2 Å². The summed E-state index contributed by atoms with van der Waals surface area (Å²) in [5, 5.41) is 2.41. The molecule has 0 saturated heterocycles. The average molecular weight is 283 g/mol. The lowest BCUT2D eigenvalue weighted by atomic mass is 9.82. The summed E-state index contributed by atoms with van der Waals surface area (Å²) in [7, 11) is 0. The average Bonchev–Trinajstić information content (AvgIpc) is 2.51. The van der Waals surface area contributed by atoms with Crippen LogP contribution < -0.4 is 10.5 Å². The molecule has 2 aromatic carbocycles. The van der Waals surface area contributed by atoms with Crippen molar-refractivity contribution >= 4 is 10.8 Å². The van der Waals surface area contributed by atoms with E-state index >= 15 is 0 Å². The molecule has 0 aromatic heterocycles. The van der Waals surface area contributed by atoms with Crippen molar-refractivity contribution in [3.63, 3.8) is 0 Å². The zero-order valence-electron chi connectivity index (χ0n) is 12.8. The van der Waals surface area contributed by atoms with E-state index in [1.165, 1.54) is 30.0 Å². The minimum Gasteiger partial charge on any atom is -0.488 e. The Balaban J connectivity index is 1.80. The van der Waals surface area contributed by atoms with Gasteiger partial charge in [-0.05, 0) is 36.6 Å². The molecule has 2 aromatic rings. The zero-order valence-corrected chi connectivity index (χ0v) is 12.8. The van der Waals surface area contributed by atoms with Crippen molar-refractivity contribution in [2.24, 2.45) is 11.7 Å². The first kappa shape index (κ1) is 14.4. The van der Waals surface area contributed by atoms with Gasteiger partial charge < -0.3 is 10.5 Å². The Labute approximate surface area is 127 Å². The second kappa shape index (κ2) is 6.48. The number of ether oxygens (including phenoxy) is 1. The maximum atomic E-state index is 6.33. The highest BCUT2D eigenvalue weighted by molar-refractivity contribution is 5.88. The van der Waals surface area contributed by atoms with E-state index in [1.54, 1.807) is 0 Å². The third-order valence-corrected chi connectivity index (χ3v) is 4.68. The summed E-state index contributed by atoms with van der Waals surface area (Å²) in [5.41, 5.74) is 6.30. The Kier molecular flexibility index (Phi) is 4.45. The zero-order chi connectivity index (χ0) is 14.7. The van der Waals surface area contributed by atoms with E-state index in [9.17, 15) is 0 Å². The first-order valence-corrected chi connectivity index (χ1v) is 8.18. The van der Waals surface area contributed by atoms with Crippen LogP contribution in [0, 0.1) is 5.92 Å². The van der Waals surface area contributed by atoms with Gasteiger partial charge in [0.1, 0.15) is 11.9 Å². The molecule has 1 aliphatic carbocycles. The Morgan fingerprint density at radius 1 is 1.10 bits per heavy atom. The lowest BCUT2D eigenvalue weighted by Gasteiger charge is -2.34. The van der Waals surface area contributed by atoms with E-state index in [0.717, 1.165) is 24.5 Å². The number of fused-ring (bicyclic) bond motifs is 1. The second-order valence-electron chi connectivity index (χ2n) is 6.27. The molecule has 0 radical (unpaired) electrons. The highest BCUT2D eigenvalue weighted by Crippen LogP contribution is 2.32. The predicted molar refractivity (Wildman–Crippen MR) is 88.6 cm³/mol. The first-order chi connectivity index (χ1) is 10.3. The van der Waals surface area contributed by atoms with Crippen molar-refractivity contribution in [3.05, 3.63) is 42.5 Å². The number of nitrogens with two attached hydrogens (primary N) is 1. The lowest BCUT2D eigenvalue weighted by Crippen LogP contribution is -2.43. The monoisotopic (exact) mass is 283 g/mol. The van der Waals surface area contributed by atoms with Crippen LogP contribution >= 0.6 is 0 Å². The van der Waals surface area contributed by atoms with Gasteiger partial charge in [0.2, 0.25) is 0 Å². The molecule has 0 amide bonds. The third-order valence-electron chi connectivity index (χ3n) is 4.68. The maximum Gasteiger partial charge on any atom is 0.127 e. The molecule has 0 bridgehead atoms. The molecule has 0 spiro atoms. The van der Waals surface area contributed by atoms with E-state index < -0.39 is 0 Å². The number of hydrogen-bond acceptors (Lipinski definition) is 2. The molecule has 21 heavy (non-hydrogen) atoms. The Hall–Kier alpha value is -1.54. The highest BCUT2D eigenvalue weighted by atomic mass is 16.5. The summed E-state index contributed by atoms with van der Waals surface area (Å²) in [6.45, 7) is 2.26. The molecule has 3 atom stereocenters. The lowest BCUT2D eigenvalue weighted by molar-refractivity contribution is 0.101. The van der Waals surface area contributed by atoms with Gasteiger partial charge in [0, 0.05) is 11.4 Å². The molecular weight excluding hydrogens is 258 g/mol. The van der Waals surface area contributed by atoms with Crippen LogP contribution in [-0.4, -0.2) is 12.1 Å². The molecule has 1 fully saturated rings. The van der Waals surface area contributed by atoms with Crippen molar-refractivity contribution in [3.8, 4) is 5.75 Å². The summed E-state index contributed by atoms with van der Waals surface area (Å²) >= 11 is 0. The maximum absolute atomic E-state index is 6.33. The van der Waals surface area contributed by atoms with E-state index in [-0.39, 0.29) is 12.1 Å². The van der Waals surface area contributed by atoms with E-state index in [2.05, 4.69) is 49.4 Å². The van der Waals surface area contributed by atoms with Crippen molar-refractivity contribution < 1.29 is 4.74 Å². The van der Waals surface area contributed by atoms with Gasteiger partial charge in [0.15, 0.2) is 0 Å².